The Morgan fingerprint density at radius 1 is 1.48 bits per heavy atom. The van der Waals surface area contributed by atoms with Crippen LogP contribution in [0.3, 0.4) is 0 Å². The van der Waals surface area contributed by atoms with Crippen LogP contribution in [0.25, 0.3) is 0 Å². The zero-order chi connectivity index (χ0) is 18.1. The molecule has 5 N–H and O–H groups in total. The maximum atomic E-state index is 13.0. The summed E-state index contributed by atoms with van der Waals surface area (Å²) in [5.41, 5.74) is 5.78. The molecule has 2 amide bonds. The van der Waals surface area contributed by atoms with E-state index in [0.29, 0.717) is 0 Å². The van der Waals surface area contributed by atoms with Gasteiger partial charge in [0, 0.05) is 12.4 Å². The first-order valence-corrected chi connectivity index (χ1v) is 7.68. The van der Waals surface area contributed by atoms with E-state index in [1.54, 1.807) is 12.1 Å². The molecule has 2 aliphatic rings. The number of amidine groups is 1. The summed E-state index contributed by atoms with van der Waals surface area (Å²) < 4.78 is 0. The van der Waals surface area contributed by atoms with E-state index >= 15 is 0 Å². The fraction of sp³-hybridized carbons (Fsp3) is 0.400. The number of aliphatic imine (C=N–C) groups is 2. The van der Waals surface area contributed by atoms with Gasteiger partial charge in [0.25, 0.3) is 11.8 Å². The molecule has 10 heteroatoms. The van der Waals surface area contributed by atoms with Crippen LogP contribution in [-0.2, 0) is 4.79 Å². The first kappa shape index (κ1) is 17.0. The minimum absolute atomic E-state index is 0.0199. The number of guanidine groups is 1. The van der Waals surface area contributed by atoms with Gasteiger partial charge in [-0.2, -0.15) is 4.99 Å². The van der Waals surface area contributed by atoms with Crippen LogP contribution in [0.5, 0.6) is 0 Å². The van der Waals surface area contributed by atoms with Crippen LogP contribution >= 0.6 is 0 Å². The SMILES string of the molecule is C[C@H](O)[C@H](O)C1CN=C2N=C(N)NC(=O)C2N1C(=O)c1cccnc1. The molecule has 4 atom stereocenters. The van der Waals surface area contributed by atoms with Crippen molar-refractivity contribution in [1.82, 2.24) is 15.2 Å². The quantitative estimate of drug-likeness (QED) is 0.490. The molecule has 0 spiro atoms. The number of hydrogen-bond donors (Lipinski definition) is 4. The van der Waals surface area contributed by atoms with Crippen LogP contribution < -0.4 is 11.1 Å². The molecule has 10 nitrogen and oxygen atoms in total. The van der Waals surface area contributed by atoms with Gasteiger partial charge in [0.05, 0.1) is 24.3 Å². The van der Waals surface area contributed by atoms with E-state index in [4.69, 9.17) is 5.73 Å². The van der Waals surface area contributed by atoms with Gasteiger partial charge in [0.15, 0.2) is 11.9 Å². The molecule has 132 valence electrons. The van der Waals surface area contributed by atoms with Crippen molar-refractivity contribution >= 4 is 23.6 Å². The minimum Gasteiger partial charge on any atom is -0.391 e. The van der Waals surface area contributed by atoms with Crippen molar-refractivity contribution < 1.29 is 19.8 Å². The highest BCUT2D eigenvalue weighted by atomic mass is 16.3. The first-order valence-electron chi connectivity index (χ1n) is 7.68. The number of aliphatic hydroxyl groups is 2. The lowest BCUT2D eigenvalue weighted by atomic mass is 9.97. The van der Waals surface area contributed by atoms with E-state index in [2.05, 4.69) is 20.3 Å². The van der Waals surface area contributed by atoms with Crippen molar-refractivity contribution in [2.45, 2.75) is 31.2 Å². The predicted octanol–water partition coefficient (Wildman–Crippen LogP) is -2.14. The number of carbonyl (C=O) groups is 2. The molecule has 1 aromatic heterocycles. The third kappa shape index (κ3) is 3.08. The van der Waals surface area contributed by atoms with Gasteiger partial charge in [-0.3, -0.25) is 24.9 Å². The van der Waals surface area contributed by atoms with E-state index in [9.17, 15) is 19.8 Å². The largest absolute Gasteiger partial charge is 0.391 e. The highest BCUT2D eigenvalue weighted by Gasteiger charge is 2.46. The standard InChI is InChI=1S/C15H18N6O4/c1-7(22)11(23)9-6-18-12-10(13(24)20-15(16)19-12)21(9)14(25)8-3-2-4-17-5-8/h2-5,7,9-11,22-23H,6H2,1H3,(H3,16,18,19,20,24)/t7-,9?,10?,11-/m0/s1. The molecule has 0 aliphatic carbocycles. The monoisotopic (exact) mass is 346 g/mol. The second-order valence-electron chi connectivity index (χ2n) is 5.84. The van der Waals surface area contributed by atoms with Crippen molar-refractivity contribution in [3.63, 3.8) is 0 Å². The van der Waals surface area contributed by atoms with Gasteiger partial charge in [-0.15, -0.1) is 0 Å². The van der Waals surface area contributed by atoms with Crippen molar-refractivity contribution in [2.75, 3.05) is 6.54 Å². The Kier molecular flexibility index (Phi) is 4.47. The van der Waals surface area contributed by atoms with Gasteiger partial charge in [-0.25, -0.2) is 0 Å². The molecule has 2 unspecified atom stereocenters. The Morgan fingerprint density at radius 2 is 2.24 bits per heavy atom. The van der Waals surface area contributed by atoms with Crippen LogP contribution in [0.15, 0.2) is 34.5 Å². The van der Waals surface area contributed by atoms with E-state index in [1.165, 1.54) is 24.2 Å². The number of rotatable bonds is 3. The average molecular weight is 346 g/mol. The molecule has 0 fully saturated rings. The van der Waals surface area contributed by atoms with Gasteiger partial charge in [0.2, 0.25) is 5.96 Å². The van der Waals surface area contributed by atoms with Crippen molar-refractivity contribution in [3.8, 4) is 0 Å². The second-order valence-corrected chi connectivity index (χ2v) is 5.84. The Bertz CT molecular complexity index is 748. The summed E-state index contributed by atoms with van der Waals surface area (Å²) >= 11 is 0. The molecule has 3 rings (SSSR count). The Morgan fingerprint density at radius 3 is 2.88 bits per heavy atom. The highest BCUT2D eigenvalue weighted by molar-refractivity contribution is 6.21. The van der Waals surface area contributed by atoms with Crippen molar-refractivity contribution in [1.29, 1.82) is 0 Å². The zero-order valence-electron chi connectivity index (χ0n) is 13.4. The van der Waals surface area contributed by atoms with Gasteiger partial charge in [0.1, 0.15) is 6.10 Å². The first-order chi connectivity index (χ1) is 11.9. The predicted molar refractivity (Wildman–Crippen MR) is 87.7 cm³/mol. The van der Waals surface area contributed by atoms with Gasteiger partial charge in [-0.05, 0) is 19.1 Å². The van der Waals surface area contributed by atoms with Crippen LogP contribution in [-0.4, -0.2) is 74.5 Å². The smallest absolute Gasteiger partial charge is 0.257 e. The lowest BCUT2D eigenvalue weighted by molar-refractivity contribution is -0.124. The van der Waals surface area contributed by atoms with Gasteiger partial charge < -0.3 is 20.8 Å². The Labute approximate surface area is 143 Å². The lowest BCUT2D eigenvalue weighted by Gasteiger charge is -2.42. The number of pyridine rings is 1. The maximum absolute atomic E-state index is 13.0. The summed E-state index contributed by atoms with van der Waals surface area (Å²) in [5.74, 6) is -1.12. The maximum Gasteiger partial charge on any atom is 0.257 e. The van der Waals surface area contributed by atoms with Crippen molar-refractivity contribution in [2.24, 2.45) is 15.7 Å². The van der Waals surface area contributed by atoms with Crippen LogP contribution in [0.4, 0.5) is 0 Å². The molecule has 0 saturated carbocycles. The summed E-state index contributed by atoms with van der Waals surface area (Å²) in [6, 6.07) is 1.09. The molecular formula is C15H18N6O4. The van der Waals surface area contributed by atoms with E-state index in [-0.39, 0.29) is 23.9 Å². The van der Waals surface area contributed by atoms with E-state index in [0.717, 1.165) is 0 Å². The summed E-state index contributed by atoms with van der Waals surface area (Å²) in [4.78, 5) is 38.6. The Balaban J connectivity index is 2.06. The third-order valence-electron chi connectivity index (χ3n) is 4.09. The molecule has 0 saturated heterocycles. The number of nitrogens with two attached hydrogens (primary N) is 1. The lowest BCUT2D eigenvalue weighted by Crippen LogP contribution is -2.67. The second kappa shape index (κ2) is 6.57. The van der Waals surface area contributed by atoms with Crippen molar-refractivity contribution in [3.05, 3.63) is 30.1 Å². The number of carbonyl (C=O) groups excluding carboxylic acids is 2. The summed E-state index contributed by atoms with van der Waals surface area (Å²) in [5, 5.41) is 22.4. The highest BCUT2D eigenvalue weighted by Crippen LogP contribution is 2.23. The third-order valence-corrected chi connectivity index (χ3v) is 4.09. The minimum atomic E-state index is -1.29. The van der Waals surface area contributed by atoms with Gasteiger partial charge in [-0.1, -0.05) is 0 Å². The number of amides is 2. The molecule has 0 radical (unpaired) electrons. The number of nitrogens with one attached hydrogen (secondary N) is 1. The molecular weight excluding hydrogens is 328 g/mol. The summed E-state index contributed by atoms with van der Waals surface area (Å²) in [6.07, 6.45) is 0.464. The van der Waals surface area contributed by atoms with E-state index < -0.39 is 36.1 Å². The number of aromatic nitrogens is 1. The molecule has 0 bridgehead atoms. The summed E-state index contributed by atoms with van der Waals surface area (Å²) in [7, 11) is 0. The summed E-state index contributed by atoms with van der Waals surface area (Å²) in [6.45, 7) is 1.38. The fourth-order valence-electron chi connectivity index (χ4n) is 2.86. The Hall–Kier alpha value is -2.85. The normalized spacial score (nSPS) is 25.2. The van der Waals surface area contributed by atoms with Crippen LogP contribution in [0.2, 0.25) is 0 Å². The molecule has 1 aromatic rings. The fourth-order valence-corrected chi connectivity index (χ4v) is 2.86. The number of hydrogen-bond acceptors (Lipinski definition) is 8. The number of aliphatic hydroxyl groups excluding tert-OH is 2. The molecule has 25 heavy (non-hydrogen) atoms. The zero-order valence-corrected chi connectivity index (χ0v) is 13.4. The van der Waals surface area contributed by atoms with Crippen LogP contribution in [0.1, 0.15) is 17.3 Å². The van der Waals surface area contributed by atoms with Gasteiger partial charge >= 0.3 is 0 Å². The topological polar surface area (TPSA) is 154 Å². The molecule has 2 aliphatic heterocycles. The number of fused-ring (bicyclic) bond motifs is 1. The van der Waals surface area contributed by atoms with E-state index in [1.807, 2.05) is 0 Å². The number of nitrogens with zero attached hydrogens (tertiary/aromatic N) is 4. The van der Waals surface area contributed by atoms with Crippen LogP contribution in [0, 0.1) is 0 Å². The molecule has 3 heterocycles. The molecule has 0 aromatic carbocycles. The average Bonchev–Trinajstić information content (AvgIpc) is 2.60.